The Morgan fingerprint density at radius 3 is 2.75 bits per heavy atom. The van der Waals surface area contributed by atoms with Gasteiger partial charge in [-0.3, -0.25) is 0 Å². The van der Waals surface area contributed by atoms with Crippen LogP contribution in [0.25, 0.3) is 0 Å². The molecule has 1 atom stereocenters. The highest BCUT2D eigenvalue weighted by molar-refractivity contribution is 4.91. The molecule has 5 nitrogen and oxygen atoms in total. The predicted molar refractivity (Wildman–Crippen MR) is 45.5 cm³/mol. The average Bonchev–Trinajstić information content (AvgIpc) is 2.47. The summed E-state index contributed by atoms with van der Waals surface area (Å²) < 4.78 is 0. The zero-order valence-corrected chi connectivity index (χ0v) is 7.56. The van der Waals surface area contributed by atoms with Crippen molar-refractivity contribution in [2.24, 2.45) is 12.8 Å². The molecule has 12 heavy (non-hydrogen) atoms. The fourth-order valence-corrected chi connectivity index (χ4v) is 1.16. The summed E-state index contributed by atoms with van der Waals surface area (Å²) in [5.41, 5.74) is 5.58. The van der Waals surface area contributed by atoms with Crippen LogP contribution >= 0.6 is 0 Å². The largest absolute Gasteiger partial charge is 0.330 e. The molecule has 0 aliphatic carbocycles. The summed E-state index contributed by atoms with van der Waals surface area (Å²) in [6.45, 7) is 2.72. The molecule has 0 spiro atoms. The number of nitrogens with two attached hydrogens (primary N) is 1. The number of tetrazole rings is 1. The molecule has 0 bridgehead atoms. The molecule has 1 aromatic heterocycles. The van der Waals surface area contributed by atoms with Crippen LogP contribution in [0.15, 0.2) is 0 Å². The van der Waals surface area contributed by atoms with Gasteiger partial charge < -0.3 is 5.73 Å². The number of hydrogen-bond acceptors (Lipinski definition) is 4. The smallest absolute Gasteiger partial charge is 0.179 e. The summed E-state index contributed by atoms with van der Waals surface area (Å²) in [5.74, 6) is 1.03. The minimum absolute atomic E-state index is 0.267. The molecule has 1 aromatic rings. The van der Waals surface area contributed by atoms with Gasteiger partial charge in [-0.05, 0) is 11.6 Å². The lowest BCUT2D eigenvalue weighted by atomic mass is 10.0. The van der Waals surface area contributed by atoms with Crippen molar-refractivity contribution in [3.8, 4) is 0 Å². The number of rotatable bonds is 4. The van der Waals surface area contributed by atoms with E-state index in [1.807, 2.05) is 0 Å². The van der Waals surface area contributed by atoms with E-state index in [4.69, 9.17) is 5.73 Å². The van der Waals surface area contributed by atoms with Crippen LogP contribution in [0.3, 0.4) is 0 Å². The second-order valence-corrected chi connectivity index (χ2v) is 2.86. The minimum Gasteiger partial charge on any atom is -0.330 e. The maximum atomic E-state index is 5.58. The summed E-state index contributed by atoms with van der Waals surface area (Å²) in [4.78, 5) is 1.47. The Morgan fingerprint density at radius 1 is 1.58 bits per heavy atom. The van der Waals surface area contributed by atoms with Crippen molar-refractivity contribution >= 4 is 0 Å². The lowest BCUT2D eigenvalue weighted by Gasteiger charge is -2.06. The molecule has 0 aliphatic rings. The minimum atomic E-state index is 0.267. The SMILES string of the molecule is CCCC(CN)c1nnn(C)n1. The zero-order valence-electron chi connectivity index (χ0n) is 7.56. The van der Waals surface area contributed by atoms with E-state index in [2.05, 4.69) is 22.3 Å². The molecule has 2 N–H and O–H groups in total. The van der Waals surface area contributed by atoms with Crippen LogP contribution in [0.4, 0.5) is 0 Å². The third-order valence-corrected chi connectivity index (χ3v) is 1.81. The summed E-state index contributed by atoms with van der Waals surface area (Å²) in [6.07, 6.45) is 2.13. The van der Waals surface area contributed by atoms with E-state index in [9.17, 15) is 0 Å². The molecule has 1 rings (SSSR count). The summed E-state index contributed by atoms with van der Waals surface area (Å²) >= 11 is 0. The Kier molecular flexibility index (Phi) is 3.16. The maximum Gasteiger partial charge on any atom is 0.179 e. The van der Waals surface area contributed by atoms with Crippen molar-refractivity contribution in [3.63, 3.8) is 0 Å². The van der Waals surface area contributed by atoms with Crippen molar-refractivity contribution < 1.29 is 0 Å². The predicted octanol–water partition coefficient (Wildman–Crippen LogP) is 0.0525. The van der Waals surface area contributed by atoms with E-state index >= 15 is 0 Å². The van der Waals surface area contributed by atoms with Crippen molar-refractivity contribution in [3.05, 3.63) is 5.82 Å². The van der Waals surface area contributed by atoms with Gasteiger partial charge in [-0.25, -0.2) is 0 Å². The maximum absolute atomic E-state index is 5.58. The van der Waals surface area contributed by atoms with Gasteiger partial charge in [0.25, 0.3) is 0 Å². The Balaban J connectivity index is 2.66. The summed E-state index contributed by atoms with van der Waals surface area (Å²) in [7, 11) is 1.76. The third-order valence-electron chi connectivity index (χ3n) is 1.81. The van der Waals surface area contributed by atoms with E-state index in [-0.39, 0.29) is 5.92 Å². The first-order chi connectivity index (χ1) is 5.77. The monoisotopic (exact) mass is 169 g/mol. The highest BCUT2D eigenvalue weighted by Crippen LogP contribution is 2.14. The Bertz CT molecular complexity index is 231. The van der Waals surface area contributed by atoms with E-state index in [1.54, 1.807) is 7.05 Å². The first-order valence-electron chi connectivity index (χ1n) is 4.21. The van der Waals surface area contributed by atoms with E-state index in [0.29, 0.717) is 6.54 Å². The molecule has 68 valence electrons. The topological polar surface area (TPSA) is 69.6 Å². The molecule has 0 amide bonds. The van der Waals surface area contributed by atoms with Crippen LogP contribution in [-0.4, -0.2) is 26.8 Å². The average molecular weight is 169 g/mol. The first kappa shape index (κ1) is 9.12. The first-order valence-corrected chi connectivity index (χ1v) is 4.21. The van der Waals surface area contributed by atoms with Gasteiger partial charge in [-0.15, -0.1) is 10.2 Å². The van der Waals surface area contributed by atoms with Gasteiger partial charge in [0.15, 0.2) is 5.82 Å². The van der Waals surface area contributed by atoms with Crippen molar-refractivity contribution in [2.75, 3.05) is 6.54 Å². The van der Waals surface area contributed by atoms with Crippen LogP contribution in [-0.2, 0) is 7.05 Å². The molecule has 1 heterocycles. The highest BCUT2D eigenvalue weighted by Gasteiger charge is 2.13. The molecule has 0 aromatic carbocycles. The van der Waals surface area contributed by atoms with Crippen molar-refractivity contribution in [1.29, 1.82) is 0 Å². The zero-order chi connectivity index (χ0) is 8.97. The second-order valence-electron chi connectivity index (χ2n) is 2.86. The second kappa shape index (κ2) is 4.15. The lowest BCUT2D eigenvalue weighted by Crippen LogP contribution is -2.14. The Morgan fingerprint density at radius 2 is 2.33 bits per heavy atom. The molecule has 0 radical (unpaired) electrons. The van der Waals surface area contributed by atoms with Crippen molar-refractivity contribution in [2.45, 2.75) is 25.7 Å². The number of nitrogens with zero attached hydrogens (tertiary/aromatic N) is 4. The van der Waals surface area contributed by atoms with E-state index < -0.39 is 0 Å². The molecule has 0 aliphatic heterocycles. The molecule has 0 saturated heterocycles. The fraction of sp³-hybridized carbons (Fsp3) is 0.857. The van der Waals surface area contributed by atoms with Crippen LogP contribution in [0, 0.1) is 0 Å². The van der Waals surface area contributed by atoms with Gasteiger partial charge in [-0.2, -0.15) is 4.80 Å². The highest BCUT2D eigenvalue weighted by atomic mass is 15.6. The molecule has 5 heteroatoms. The van der Waals surface area contributed by atoms with Crippen LogP contribution < -0.4 is 5.73 Å². The summed E-state index contributed by atoms with van der Waals surface area (Å²) in [6, 6.07) is 0. The summed E-state index contributed by atoms with van der Waals surface area (Å²) in [5, 5.41) is 11.8. The van der Waals surface area contributed by atoms with Gasteiger partial charge in [0.05, 0.1) is 7.05 Å². The molecule has 0 saturated carbocycles. The van der Waals surface area contributed by atoms with Crippen LogP contribution in [0.2, 0.25) is 0 Å². The van der Waals surface area contributed by atoms with E-state index in [0.717, 1.165) is 18.7 Å². The Labute approximate surface area is 71.9 Å². The molecule has 1 unspecified atom stereocenters. The van der Waals surface area contributed by atoms with Crippen LogP contribution in [0.5, 0.6) is 0 Å². The van der Waals surface area contributed by atoms with Crippen LogP contribution in [0.1, 0.15) is 31.5 Å². The van der Waals surface area contributed by atoms with Gasteiger partial charge in [-0.1, -0.05) is 13.3 Å². The number of hydrogen-bond donors (Lipinski definition) is 1. The van der Waals surface area contributed by atoms with Crippen molar-refractivity contribution in [1.82, 2.24) is 20.2 Å². The van der Waals surface area contributed by atoms with Gasteiger partial charge in [0, 0.05) is 12.5 Å². The van der Waals surface area contributed by atoms with Gasteiger partial charge in [0.2, 0.25) is 0 Å². The number of aromatic nitrogens is 4. The number of aryl methyl sites for hydroxylation is 1. The Hall–Kier alpha value is -0.970. The van der Waals surface area contributed by atoms with Gasteiger partial charge >= 0.3 is 0 Å². The molecule has 0 fully saturated rings. The molecular weight excluding hydrogens is 154 g/mol. The van der Waals surface area contributed by atoms with E-state index in [1.165, 1.54) is 4.80 Å². The van der Waals surface area contributed by atoms with Gasteiger partial charge in [0.1, 0.15) is 0 Å². The normalized spacial score (nSPS) is 13.2. The third kappa shape index (κ3) is 2.01. The standard InChI is InChI=1S/C7H15N5/c1-3-4-6(5-8)7-9-11-12(2)10-7/h6H,3-5,8H2,1-2H3. The molecular formula is C7H15N5. The lowest BCUT2D eigenvalue weighted by molar-refractivity contribution is 0.579. The fourth-order valence-electron chi connectivity index (χ4n) is 1.16. The quantitative estimate of drug-likeness (QED) is 0.691.